The van der Waals surface area contributed by atoms with Gasteiger partial charge >= 0.3 is 12.0 Å². The first kappa shape index (κ1) is 14.0. The van der Waals surface area contributed by atoms with E-state index in [4.69, 9.17) is 15.9 Å². The van der Waals surface area contributed by atoms with Gasteiger partial charge in [-0.05, 0) is 20.3 Å². The van der Waals surface area contributed by atoms with E-state index in [1.54, 1.807) is 6.92 Å². The second kappa shape index (κ2) is 7.33. The molecule has 1 rings (SSSR count). The Kier molecular flexibility index (Phi) is 5.71. The molecule has 6 nitrogen and oxygen atoms in total. The van der Waals surface area contributed by atoms with Crippen LogP contribution < -0.4 is 14.8 Å². The number of anilines is 1. The number of hydrogen-bond acceptors (Lipinski definition) is 6. The van der Waals surface area contributed by atoms with Crippen molar-refractivity contribution in [3.05, 3.63) is 0 Å². The Morgan fingerprint density at radius 1 is 1.28 bits per heavy atom. The zero-order valence-electron chi connectivity index (χ0n) is 10.9. The summed E-state index contributed by atoms with van der Waals surface area (Å²) in [7, 11) is 0. The largest absolute Gasteiger partial charge is 0.464 e. The highest BCUT2D eigenvalue weighted by Crippen LogP contribution is 2.14. The summed E-state index contributed by atoms with van der Waals surface area (Å²) in [6.45, 7) is 6.88. The fourth-order valence-corrected chi connectivity index (χ4v) is 1.09. The SMILES string of the molecule is C#CC(C)Oc1nc(NCCC)nc(OCC)n1. The Hall–Kier alpha value is -2.03. The first-order valence-electron chi connectivity index (χ1n) is 5.95. The van der Waals surface area contributed by atoms with Crippen LogP contribution in [0.4, 0.5) is 5.95 Å². The van der Waals surface area contributed by atoms with Crippen molar-refractivity contribution < 1.29 is 9.47 Å². The number of terminal acetylenes is 1. The van der Waals surface area contributed by atoms with Gasteiger partial charge in [0.1, 0.15) is 0 Å². The average molecular weight is 250 g/mol. The number of aromatic nitrogens is 3. The van der Waals surface area contributed by atoms with Gasteiger partial charge in [0.25, 0.3) is 0 Å². The van der Waals surface area contributed by atoms with Crippen LogP contribution in [0.2, 0.25) is 0 Å². The lowest BCUT2D eigenvalue weighted by atomic mass is 10.4. The first-order valence-corrected chi connectivity index (χ1v) is 5.95. The van der Waals surface area contributed by atoms with Crippen molar-refractivity contribution in [1.82, 2.24) is 15.0 Å². The molecule has 1 heterocycles. The minimum absolute atomic E-state index is 0.164. The lowest BCUT2D eigenvalue weighted by Gasteiger charge is -2.10. The summed E-state index contributed by atoms with van der Waals surface area (Å²) in [5.41, 5.74) is 0. The van der Waals surface area contributed by atoms with Crippen LogP contribution in [0, 0.1) is 12.3 Å². The van der Waals surface area contributed by atoms with Crippen molar-refractivity contribution in [3.63, 3.8) is 0 Å². The van der Waals surface area contributed by atoms with Crippen molar-refractivity contribution in [3.8, 4) is 24.4 Å². The lowest BCUT2D eigenvalue weighted by molar-refractivity contribution is 0.243. The first-order chi connectivity index (χ1) is 8.69. The molecule has 0 fully saturated rings. The molecule has 1 N–H and O–H groups in total. The second-order valence-electron chi connectivity index (χ2n) is 3.51. The molecule has 0 radical (unpaired) electrons. The van der Waals surface area contributed by atoms with Crippen LogP contribution in [-0.2, 0) is 0 Å². The van der Waals surface area contributed by atoms with E-state index in [2.05, 4.69) is 33.1 Å². The molecule has 1 aromatic heterocycles. The van der Waals surface area contributed by atoms with Gasteiger partial charge in [-0.2, -0.15) is 9.97 Å². The van der Waals surface area contributed by atoms with Gasteiger partial charge in [0.2, 0.25) is 5.95 Å². The Morgan fingerprint density at radius 3 is 2.61 bits per heavy atom. The van der Waals surface area contributed by atoms with Gasteiger partial charge in [-0.3, -0.25) is 0 Å². The molecule has 0 bridgehead atoms. The molecule has 0 spiro atoms. The van der Waals surface area contributed by atoms with Gasteiger partial charge < -0.3 is 14.8 Å². The van der Waals surface area contributed by atoms with E-state index in [0.717, 1.165) is 13.0 Å². The molecule has 98 valence electrons. The third-order valence-corrected chi connectivity index (χ3v) is 1.92. The monoisotopic (exact) mass is 250 g/mol. The van der Waals surface area contributed by atoms with Crippen LogP contribution >= 0.6 is 0 Å². The fraction of sp³-hybridized carbons (Fsp3) is 0.583. The molecule has 0 aliphatic heterocycles. The van der Waals surface area contributed by atoms with E-state index in [1.165, 1.54) is 0 Å². The second-order valence-corrected chi connectivity index (χ2v) is 3.51. The van der Waals surface area contributed by atoms with Crippen molar-refractivity contribution in [1.29, 1.82) is 0 Å². The summed E-state index contributed by atoms with van der Waals surface area (Å²) in [6, 6.07) is 0.392. The maximum absolute atomic E-state index is 5.35. The van der Waals surface area contributed by atoms with Gasteiger partial charge in [0.05, 0.1) is 6.61 Å². The van der Waals surface area contributed by atoms with Gasteiger partial charge in [0, 0.05) is 6.54 Å². The zero-order valence-corrected chi connectivity index (χ0v) is 10.9. The summed E-state index contributed by atoms with van der Waals surface area (Å²) in [4.78, 5) is 12.2. The molecular weight excluding hydrogens is 232 g/mol. The van der Waals surface area contributed by atoms with Gasteiger partial charge in [0.15, 0.2) is 6.10 Å². The molecular formula is C12H18N4O2. The van der Waals surface area contributed by atoms with Crippen LogP contribution in [0.5, 0.6) is 12.0 Å². The highest BCUT2D eigenvalue weighted by molar-refractivity contribution is 5.27. The number of rotatable bonds is 7. The lowest BCUT2D eigenvalue weighted by Crippen LogP contribution is -2.14. The molecule has 0 aliphatic rings. The highest BCUT2D eigenvalue weighted by atomic mass is 16.5. The van der Waals surface area contributed by atoms with Crippen LogP contribution in [0.15, 0.2) is 0 Å². The highest BCUT2D eigenvalue weighted by Gasteiger charge is 2.10. The van der Waals surface area contributed by atoms with E-state index in [9.17, 15) is 0 Å². The van der Waals surface area contributed by atoms with Crippen molar-refractivity contribution in [2.24, 2.45) is 0 Å². The number of ether oxygens (including phenoxy) is 2. The molecule has 0 saturated heterocycles. The summed E-state index contributed by atoms with van der Waals surface area (Å²) in [6.07, 6.45) is 5.80. The number of nitrogens with one attached hydrogen (secondary N) is 1. The van der Waals surface area contributed by atoms with Crippen molar-refractivity contribution in [2.75, 3.05) is 18.5 Å². The Balaban J connectivity index is 2.87. The third-order valence-electron chi connectivity index (χ3n) is 1.92. The average Bonchev–Trinajstić information content (AvgIpc) is 2.36. The Morgan fingerprint density at radius 2 is 2.00 bits per heavy atom. The quantitative estimate of drug-likeness (QED) is 0.739. The predicted molar refractivity (Wildman–Crippen MR) is 68.7 cm³/mol. The maximum atomic E-state index is 5.35. The van der Waals surface area contributed by atoms with E-state index in [-0.39, 0.29) is 12.0 Å². The summed E-state index contributed by atoms with van der Waals surface area (Å²) in [5.74, 6) is 2.87. The summed E-state index contributed by atoms with van der Waals surface area (Å²) in [5, 5.41) is 3.05. The van der Waals surface area contributed by atoms with Crippen LogP contribution in [0.3, 0.4) is 0 Å². The molecule has 1 aromatic rings. The van der Waals surface area contributed by atoms with E-state index in [1.807, 2.05) is 6.92 Å². The van der Waals surface area contributed by atoms with E-state index < -0.39 is 6.10 Å². The molecule has 0 aliphatic carbocycles. The molecule has 1 atom stereocenters. The molecule has 1 unspecified atom stereocenters. The zero-order chi connectivity index (χ0) is 13.4. The van der Waals surface area contributed by atoms with Crippen molar-refractivity contribution >= 4 is 5.95 Å². The van der Waals surface area contributed by atoms with Crippen LogP contribution in [0.1, 0.15) is 27.2 Å². The van der Waals surface area contributed by atoms with E-state index in [0.29, 0.717) is 12.6 Å². The molecule has 0 amide bonds. The fourth-order valence-electron chi connectivity index (χ4n) is 1.09. The summed E-state index contributed by atoms with van der Waals surface area (Å²) < 4.78 is 10.6. The van der Waals surface area contributed by atoms with Crippen LogP contribution in [0.25, 0.3) is 0 Å². The molecule has 18 heavy (non-hydrogen) atoms. The normalized spacial score (nSPS) is 11.4. The van der Waals surface area contributed by atoms with Gasteiger partial charge in [-0.15, -0.1) is 11.4 Å². The third kappa shape index (κ3) is 4.45. The van der Waals surface area contributed by atoms with Gasteiger partial charge in [-0.1, -0.05) is 12.8 Å². The van der Waals surface area contributed by atoms with Crippen molar-refractivity contribution in [2.45, 2.75) is 33.3 Å². The smallest absolute Gasteiger partial charge is 0.325 e. The van der Waals surface area contributed by atoms with E-state index >= 15 is 0 Å². The predicted octanol–water partition coefficient (Wildman–Crippen LogP) is 1.49. The topological polar surface area (TPSA) is 69.2 Å². The minimum atomic E-state index is -0.402. The molecule has 6 heteroatoms. The van der Waals surface area contributed by atoms with Crippen LogP contribution in [-0.4, -0.2) is 34.2 Å². The summed E-state index contributed by atoms with van der Waals surface area (Å²) >= 11 is 0. The number of hydrogen-bond donors (Lipinski definition) is 1. The Bertz CT molecular complexity index is 417. The minimum Gasteiger partial charge on any atom is -0.464 e. The number of nitrogens with zero attached hydrogens (tertiary/aromatic N) is 3. The molecule has 0 saturated carbocycles. The standard InChI is InChI=1S/C12H18N4O2/c1-5-8-13-10-14-11(17-7-3)16-12(15-10)18-9(4)6-2/h2,9H,5,7-8H2,1,3-4H3,(H,13,14,15,16). The Labute approximate surface area is 107 Å². The maximum Gasteiger partial charge on any atom is 0.325 e. The van der Waals surface area contributed by atoms with Gasteiger partial charge in [-0.25, -0.2) is 0 Å². The molecule has 0 aromatic carbocycles.